The van der Waals surface area contributed by atoms with Crippen molar-refractivity contribution in [2.24, 2.45) is 0 Å². The van der Waals surface area contributed by atoms with Crippen LogP contribution in [0.25, 0.3) is 11.1 Å². The third kappa shape index (κ3) is 8.52. The van der Waals surface area contributed by atoms with Gasteiger partial charge in [0.2, 0.25) is 0 Å². The summed E-state index contributed by atoms with van der Waals surface area (Å²) in [6.45, 7) is 2.65. The molecule has 0 spiro atoms. The molecule has 0 aliphatic carbocycles. The van der Waals surface area contributed by atoms with Crippen molar-refractivity contribution in [2.45, 2.75) is 51.5 Å². The van der Waals surface area contributed by atoms with Crippen molar-refractivity contribution in [3.63, 3.8) is 0 Å². The van der Waals surface area contributed by atoms with Crippen LogP contribution in [-0.2, 0) is 11.2 Å². The average molecular weight is 537 g/mol. The highest BCUT2D eigenvalue weighted by atomic mass is 35.5. The molecule has 1 unspecified atom stereocenters. The molecule has 0 aromatic heterocycles. The SMILES string of the molecule is CCCCCCCOc1ccc(Cl)cc1C(=O)NC(Cc1ccc(-c2ccc(N(C)C)cc2)cc1)C(=O)O. The molecule has 1 atom stereocenters. The molecule has 0 fully saturated rings. The van der Waals surface area contributed by atoms with Crippen LogP contribution in [-0.4, -0.2) is 43.7 Å². The highest BCUT2D eigenvalue weighted by Crippen LogP contribution is 2.25. The highest BCUT2D eigenvalue weighted by Gasteiger charge is 2.23. The molecule has 0 aliphatic rings. The lowest BCUT2D eigenvalue weighted by molar-refractivity contribution is -0.139. The molecule has 3 aromatic carbocycles. The van der Waals surface area contributed by atoms with E-state index in [-0.39, 0.29) is 12.0 Å². The predicted molar refractivity (Wildman–Crippen MR) is 155 cm³/mol. The second-order valence-electron chi connectivity index (χ2n) is 9.61. The quantitative estimate of drug-likeness (QED) is 0.220. The maximum absolute atomic E-state index is 13.1. The maximum Gasteiger partial charge on any atom is 0.326 e. The van der Waals surface area contributed by atoms with Gasteiger partial charge in [0.15, 0.2) is 0 Å². The van der Waals surface area contributed by atoms with E-state index in [2.05, 4.69) is 36.5 Å². The van der Waals surface area contributed by atoms with Crippen molar-refractivity contribution in [1.29, 1.82) is 0 Å². The van der Waals surface area contributed by atoms with Gasteiger partial charge in [-0.3, -0.25) is 4.79 Å². The van der Waals surface area contributed by atoms with Gasteiger partial charge >= 0.3 is 5.97 Å². The zero-order chi connectivity index (χ0) is 27.5. The van der Waals surface area contributed by atoms with Gasteiger partial charge in [-0.05, 0) is 53.4 Å². The number of rotatable bonds is 14. The molecular weight excluding hydrogens is 500 g/mol. The van der Waals surface area contributed by atoms with E-state index in [1.165, 1.54) is 18.9 Å². The van der Waals surface area contributed by atoms with Gasteiger partial charge in [-0.15, -0.1) is 0 Å². The summed E-state index contributed by atoms with van der Waals surface area (Å²) in [4.78, 5) is 27.2. The first kappa shape index (κ1) is 29.1. The second-order valence-corrected chi connectivity index (χ2v) is 10.0. The number of anilines is 1. The molecule has 202 valence electrons. The van der Waals surface area contributed by atoms with Crippen molar-refractivity contribution in [3.8, 4) is 16.9 Å². The monoisotopic (exact) mass is 536 g/mol. The van der Waals surface area contributed by atoms with Gasteiger partial charge in [-0.25, -0.2) is 4.79 Å². The number of unbranched alkanes of at least 4 members (excludes halogenated alkanes) is 4. The molecule has 6 nitrogen and oxygen atoms in total. The molecule has 2 N–H and O–H groups in total. The van der Waals surface area contributed by atoms with Crippen molar-refractivity contribution < 1.29 is 19.4 Å². The number of hydrogen-bond acceptors (Lipinski definition) is 4. The number of amides is 1. The van der Waals surface area contributed by atoms with Gasteiger partial charge in [0.1, 0.15) is 11.8 Å². The molecule has 7 heteroatoms. The summed E-state index contributed by atoms with van der Waals surface area (Å²) in [6, 6.07) is 19.7. The van der Waals surface area contributed by atoms with Crippen molar-refractivity contribution in [3.05, 3.63) is 82.9 Å². The lowest BCUT2D eigenvalue weighted by atomic mass is 10.00. The van der Waals surface area contributed by atoms with Crippen molar-refractivity contribution in [2.75, 3.05) is 25.6 Å². The lowest BCUT2D eigenvalue weighted by Gasteiger charge is -2.17. The van der Waals surface area contributed by atoms with Gasteiger partial charge in [0, 0.05) is 31.2 Å². The number of ether oxygens (including phenoxy) is 1. The molecule has 0 heterocycles. The average Bonchev–Trinajstić information content (AvgIpc) is 2.91. The van der Waals surface area contributed by atoms with Gasteiger partial charge in [-0.1, -0.05) is 80.6 Å². The molecule has 0 saturated heterocycles. The van der Waals surface area contributed by atoms with E-state index in [0.29, 0.717) is 17.4 Å². The largest absolute Gasteiger partial charge is 0.493 e. The number of benzene rings is 3. The number of carbonyl (C=O) groups is 2. The smallest absolute Gasteiger partial charge is 0.326 e. The summed E-state index contributed by atoms with van der Waals surface area (Å²) < 4.78 is 5.86. The first-order valence-electron chi connectivity index (χ1n) is 13.1. The van der Waals surface area contributed by atoms with E-state index in [0.717, 1.165) is 41.6 Å². The second kappa shape index (κ2) is 14.4. The fraction of sp³-hybridized carbons (Fsp3) is 0.355. The fourth-order valence-corrected chi connectivity index (χ4v) is 4.32. The van der Waals surface area contributed by atoms with E-state index in [1.807, 2.05) is 43.3 Å². The van der Waals surface area contributed by atoms with Crippen LogP contribution in [0.2, 0.25) is 5.02 Å². The third-order valence-corrected chi connectivity index (χ3v) is 6.64. The Morgan fingerprint density at radius 1 is 0.921 bits per heavy atom. The molecule has 0 aliphatic heterocycles. The Labute approximate surface area is 230 Å². The fourth-order valence-electron chi connectivity index (χ4n) is 4.15. The molecule has 1 amide bonds. The summed E-state index contributed by atoms with van der Waals surface area (Å²) >= 11 is 6.14. The van der Waals surface area contributed by atoms with Crippen LogP contribution >= 0.6 is 11.6 Å². The number of carbonyl (C=O) groups excluding carboxylic acids is 1. The number of hydrogen-bond donors (Lipinski definition) is 2. The van der Waals surface area contributed by atoms with Crippen LogP contribution in [0, 0.1) is 0 Å². The Hall–Kier alpha value is -3.51. The van der Waals surface area contributed by atoms with Gasteiger partial charge < -0.3 is 20.1 Å². The van der Waals surface area contributed by atoms with Gasteiger partial charge in [0.05, 0.1) is 12.2 Å². The molecule has 0 bridgehead atoms. The van der Waals surface area contributed by atoms with E-state index in [4.69, 9.17) is 16.3 Å². The first-order valence-corrected chi connectivity index (χ1v) is 13.5. The van der Waals surface area contributed by atoms with Crippen molar-refractivity contribution >= 4 is 29.2 Å². The number of nitrogens with zero attached hydrogens (tertiary/aromatic N) is 1. The first-order chi connectivity index (χ1) is 18.3. The topological polar surface area (TPSA) is 78.9 Å². The number of nitrogens with one attached hydrogen (secondary N) is 1. The minimum Gasteiger partial charge on any atom is -0.493 e. The Morgan fingerprint density at radius 2 is 1.55 bits per heavy atom. The number of aliphatic carboxylic acids is 1. The predicted octanol–water partition coefficient (Wildman–Crippen LogP) is 6.85. The van der Waals surface area contributed by atoms with Crippen LogP contribution in [0.5, 0.6) is 5.75 Å². The summed E-state index contributed by atoms with van der Waals surface area (Å²) in [7, 11) is 3.99. The summed E-state index contributed by atoms with van der Waals surface area (Å²) in [6.07, 6.45) is 5.61. The number of halogens is 1. The zero-order valence-corrected chi connectivity index (χ0v) is 23.1. The van der Waals surface area contributed by atoms with Crippen LogP contribution in [0.15, 0.2) is 66.7 Å². The summed E-state index contributed by atoms with van der Waals surface area (Å²) in [5.74, 6) is -1.24. The van der Waals surface area contributed by atoms with Crippen LogP contribution in [0.1, 0.15) is 54.9 Å². The maximum atomic E-state index is 13.1. The van der Waals surface area contributed by atoms with E-state index < -0.39 is 17.9 Å². The van der Waals surface area contributed by atoms with Gasteiger partial charge in [-0.2, -0.15) is 0 Å². The van der Waals surface area contributed by atoms with E-state index in [1.54, 1.807) is 12.1 Å². The van der Waals surface area contributed by atoms with Crippen LogP contribution < -0.4 is 15.0 Å². The minimum absolute atomic E-state index is 0.148. The molecule has 3 aromatic rings. The molecular formula is C31H37ClN2O4. The Kier molecular flexibility index (Phi) is 11.0. The minimum atomic E-state index is -1.11. The van der Waals surface area contributed by atoms with E-state index in [9.17, 15) is 14.7 Å². The standard InChI is InChI=1S/C31H37ClN2O4/c1-4-5-6-7-8-19-38-29-18-15-25(32)21-27(29)30(35)33-28(31(36)37)20-22-9-11-23(12-10-22)24-13-16-26(17-14-24)34(2)3/h9-18,21,28H,4-8,19-20H2,1-3H3,(H,33,35)(H,36,37). The van der Waals surface area contributed by atoms with Crippen LogP contribution in [0.3, 0.4) is 0 Å². The lowest BCUT2D eigenvalue weighted by Crippen LogP contribution is -2.42. The molecule has 0 radical (unpaired) electrons. The Bertz CT molecular complexity index is 1190. The molecule has 3 rings (SSSR count). The van der Waals surface area contributed by atoms with Crippen molar-refractivity contribution in [1.82, 2.24) is 5.32 Å². The molecule has 38 heavy (non-hydrogen) atoms. The zero-order valence-electron chi connectivity index (χ0n) is 22.4. The summed E-state index contributed by atoms with van der Waals surface area (Å²) in [5, 5.41) is 12.9. The normalized spacial score (nSPS) is 11.6. The Balaban J connectivity index is 1.65. The number of carboxylic acids is 1. The van der Waals surface area contributed by atoms with Gasteiger partial charge in [0.25, 0.3) is 5.91 Å². The van der Waals surface area contributed by atoms with E-state index >= 15 is 0 Å². The molecule has 0 saturated carbocycles. The Morgan fingerprint density at radius 3 is 2.16 bits per heavy atom. The third-order valence-electron chi connectivity index (χ3n) is 6.41. The van der Waals surface area contributed by atoms with Crippen LogP contribution in [0.4, 0.5) is 5.69 Å². The highest BCUT2D eigenvalue weighted by molar-refractivity contribution is 6.31. The number of carboxylic acid groups (broad SMARTS) is 1. The summed E-state index contributed by atoms with van der Waals surface area (Å²) in [5.41, 5.74) is 4.26.